The number of rotatable bonds is 6. The molecule has 0 heterocycles. The molecule has 114 valence electrons. The van der Waals surface area contributed by atoms with Crippen LogP contribution in [0.4, 0.5) is 5.69 Å². The predicted molar refractivity (Wildman–Crippen MR) is 84.2 cm³/mol. The van der Waals surface area contributed by atoms with E-state index in [1.54, 1.807) is 24.3 Å². The molecule has 1 saturated carbocycles. The van der Waals surface area contributed by atoms with E-state index in [1.165, 1.54) is 0 Å². The van der Waals surface area contributed by atoms with Gasteiger partial charge in [0.05, 0.1) is 0 Å². The summed E-state index contributed by atoms with van der Waals surface area (Å²) >= 11 is 5.89. The summed E-state index contributed by atoms with van der Waals surface area (Å²) in [6.45, 7) is 4.82. The zero-order valence-electron chi connectivity index (χ0n) is 12.4. The summed E-state index contributed by atoms with van der Waals surface area (Å²) in [5.74, 6) is 0.121. The van der Waals surface area contributed by atoms with Crippen molar-refractivity contribution in [3.63, 3.8) is 0 Å². The van der Waals surface area contributed by atoms with Crippen LogP contribution in [0.2, 0.25) is 5.02 Å². The van der Waals surface area contributed by atoms with E-state index < -0.39 is 5.41 Å². The average molecular weight is 309 g/mol. The lowest BCUT2D eigenvalue weighted by Crippen LogP contribution is -2.40. The van der Waals surface area contributed by atoms with Crippen LogP contribution in [0, 0.1) is 11.3 Å². The molecule has 2 rings (SSSR count). The summed E-state index contributed by atoms with van der Waals surface area (Å²) in [6, 6.07) is 6.94. The van der Waals surface area contributed by atoms with Crippen LogP contribution < -0.4 is 10.6 Å². The van der Waals surface area contributed by atoms with Crippen molar-refractivity contribution in [3.05, 3.63) is 29.3 Å². The van der Waals surface area contributed by atoms with E-state index in [4.69, 9.17) is 11.6 Å². The Labute approximate surface area is 130 Å². The largest absolute Gasteiger partial charge is 0.355 e. The molecule has 0 bridgehead atoms. The third-order valence-electron chi connectivity index (χ3n) is 3.71. The quantitative estimate of drug-likeness (QED) is 0.793. The van der Waals surface area contributed by atoms with E-state index in [0.29, 0.717) is 36.0 Å². The van der Waals surface area contributed by atoms with Crippen molar-refractivity contribution in [3.8, 4) is 0 Å². The van der Waals surface area contributed by atoms with Gasteiger partial charge in [-0.3, -0.25) is 9.59 Å². The Kier molecular flexibility index (Phi) is 4.88. The zero-order valence-corrected chi connectivity index (χ0v) is 13.2. The lowest BCUT2D eigenvalue weighted by Gasteiger charge is -2.16. The molecule has 2 amide bonds. The molecule has 0 aromatic heterocycles. The number of carbonyl (C=O) groups excluding carboxylic acids is 2. The van der Waals surface area contributed by atoms with E-state index in [2.05, 4.69) is 24.5 Å². The highest BCUT2D eigenvalue weighted by Crippen LogP contribution is 2.46. The van der Waals surface area contributed by atoms with Crippen LogP contribution in [-0.2, 0) is 9.59 Å². The highest BCUT2D eigenvalue weighted by Gasteiger charge is 2.56. The van der Waals surface area contributed by atoms with Gasteiger partial charge in [-0.15, -0.1) is 0 Å². The topological polar surface area (TPSA) is 58.2 Å². The molecule has 1 aliphatic rings. The molecule has 1 aromatic carbocycles. The van der Waals surface area contributed by atoms with Gasteiger partial charge in [-0.25, -0.2) is 0 Å². The first-order chi connectivity index (χ1) is 9.94. The lowest BCUT2D eigenvalue weighted by molar-refractivity contribution is -0.134. The highest BCUT2D eigenvalue weighted by atomic mass is 35.5. The fourth-order valence-corrected chi connectivity index (χ4v) is 2.33. The molecule has 21 heavy (non-hydrogen) atoms. The minimum absolute atomic E-state index is 0.164. The van der Waals surface area contributed by atoms with Crippen LogP contribution in [-0.4, -0.2) is 18.4 Å². The number of halogens is 1. The molecule has 0 atom stereocenters. The van der Waals surface area contributed by atoms with Gasteiger partial charge in [-0.1, -0.05) is 31.5 Å². The lowest BCUT2D eigenvalue weighted by atomic mass is 10.0. The monoisotopic (exact) mass is 308 g/mol. The van der Waals surface area contributed by atoms with Gasteiger partial charge in [-0.05, 0) is 43.4 Å². The molecule has 0 aliphatic heterocycles. The fourth-order valence-electron chi connectivity index (χ4n) is 2.14. The molecule has 1 aromatic rings. The van der Waals surface area contributed by atoms with Gasteiger partial charge in [0.15, 0.2) is 0 Å². The van der Waals surface area contributed by atoms with Crippen LogP contribution in [0.5, 0.6) is 0 Å². The Hall–Kier alpha value is -1.55. The van der Waals surface area contributed by atoms with Crippen molar-refractivity contribution in [2.45, 2.75) is 33.1 Å². The maximum Gasteiger partial charge on any atom is 0.240 e. The van der Waals surface area contributed by atoms with Gasteiger partial charge in [-0.2, -0.15) is 0 Å². The van der Waals surface area contributed by atoms with E-state index in [0.717, 1.165) is 6.42 Å². The van der Waals surface area contributed by atoms with Gasteiger partial charge in [0.1, 0.15) is 5.41 Å². The minimum atomic E-state index is -0.890. The Morgan fingerprint density at radius 2 is 2.00 bits per heavy atom. The molecule has 0 radical (unpaired) electrons. The van der Waals surface area contributed by atoms with Crippen LogP contribution in [0.15, 0.2) is 24.3 Å². The number of benzene rings is 1. The summed E-state index contributed by atoms with van der Waals surface area (Å²) in [6.07, 6.45) is 2.12. The second-order valence-electron chi connectivity index (χ2n) is 5.99. The van der Waals surface area contributed by atoms with Gasteiger partial charge < -0.3 is 10.6 Å². The average Bonchev–Trinajstić information content (AvgIpc) is 3.19. The summed E-state index contributed by atoms with van der Waals surface area (Å²) < 4.78 is 0. The van der Waals surface area contributed by atoms with Crippen LogP contribution >= 0.6 is 11.6 Å². The summed E-state index contributed by atoms with van der Waals surface area (Å²) in [7, 11) is 0. The number of amides is 2. The van der Waals surface area contributed by atoms with Crippen LogP contribution in [0.1, 0.15) is 33.1 Å². The Balaban J connectivity index is 1.93. The zero-order chi connectivity index (χ0) is 15.5. The number of carbonyl (C=O) groups is 2. The maximum absolute atomic E-state index is 12.3. The van der Waals surface area contributed by atoms with Gasteiger partial charge in [0.25, 0.3) is 0 Å². The van der Waals surface area contributed by atoms with Crippen molar-refractivity contribution in [2.24, 2.45) is 11.3 Å². The van der Waals surface area contributed by atoms with E-state index >= 15 is 0 Å². The first-order valence-corrected chi connectivity index (χ1v) is 7.67. The molecular formula is C16H21ClN2O2. The predicted octanol–water partition coefficient (Wildman–Crippen LogP) is 3.22. The van der Waals surface area contributed by atoms with Gasteiger partial charge in [0, 0.05) is 17.3 Å². The second-order valence-corrected chi connectivity index (χ2v) is 6.42. The van der Waals surface area contributed by atoms with Gasteiger partial charge in [0.2, 0.25) is 11.8 Å². The Morgan fingerprint density at radius 1 is 1.29 bits per heavy atom. The third kappa shape index (κ3) is 3.97. The fraction of sp³-hybridized carbons (Fsp3) is 0.500. The smallest absolute Gasteiger partial charge is 0.240 e. The van der Waals surface area contributed by atoms with E-state index in [-0.39, 0.29) is 11.8 Å². The number of nitrogens with one attached hydrogen (secondary N) is 2. The minimum Gasteiger partial charge on any atom is -0.355 e. The molecule has 1 aliphatic carbocycles. The number of hydrogen-bond acceptors (Lipinski definition) is 2. The summed E-state index contributed by atoms with van der Waals surface area (Å²) in [5.41, 5.74) is -0.270. The molecule has 0 unspecified atom stereocenters. The van der Waals surface area contributed by atoms with Crippen molar-refractivity contribution in [2.75, 3.05) is 11.9 Å². The van der Waals surface area contributed by atoms with E-state index in [1.807, 2.05) is 0 Å². The summed E-state index contributed by atoms with van der Waals surface area (Å²) in [4.78, 5) is 24.5. The first-order valence-electron chi connectivity index (χ1n) is 7.29. The molecule has 5 heteroatoms. The molecule has 2 N–H and O–H groups in total. The molecule has 0 spiro atoms. The second kappa shape index (κ2) is 6.48. The Morgan fingerprint density at radius 3 is 2.57 bits per heavy atom. The standard InChI is InChI=1S/C16H21ClN2O2/c1-11(2)6-9-18-14(20)16(7-8-16)15(21)19-13-5-3-4-12(17)10-13/h3-5,10-11H,6-9H2,1-2H3,(H,18,20)(H,19,21). The Bertz CT molecular complexity index is 539. The third-order valence-corrected chi connectivity index (χ3v) is 3.94. The van der Waals surface area contributed by atoms with Gasteiger partial charge >= 0.3 is 0 Å². The first kappa shape index (κ1) is 15.8. The van der Waals surface area contributed by atoms with E-state index in [9.17, 15) is 9.59 Å². The molecule has 1 fully saturated rings. The SMILES string of the molecule is CC(C)CCNC(=O)C1(C(=O)Nc2cccc(Cl)c2)CC1. The van der Waals surface area contributed by atoms with Crippen molar-refractivity contribution < 1.29 is 9.59 Å². The van der Waals surface area contributed by atoms with Crippen LogP contribution in [0.25, 0.3) is 0 Å². The number of hydrogen-bond donors (Lipinski definition) is 2. The van der Waals surface area contributed by atoms with Crippen molar-refractivity contribution >= 4 is 29.1 Å². The summed E-state index contributed by atoms with van der Waals surface area (Å²) in [5, 5.41) is 6.21. The van der Waals surface area contributed by atoms with Crippen LogP contribution in [0.3, 0.4) is 0 Å². The highest BCUT2D eigenvalue weighted by molar-refractivity contribution is 6.31. The molecule has 0 saturated heterocycles. The molecule has 4 nitrogen and oxygen atoms in total. The number of anilines is 1. The normalized spacial score (nSPS) is 15.6. The van der Waals surface area contributed by atoms with Crippen molar-refractivity contribution in [1.29, 1.82) is 0 Å². The van der Waals surface area contributed by atoms with Crippen molar-refractivity contribution in [1.82, 2.24) is 5.32 Å². The molecular weight excluding hydrogens is 288 g/mol. The maximum atomic E-state index is 12.3.